The van der Waals surface area contributed by atoms with Crippen molar-refractivity contribution in [1.29, 1.82) is 0 Å². The third kappa shape index (κ3) is 1.66. The Labute approximate surface area is 103 Å². The molecule has 0 amide bonds. The molecule has 0 saturated carbocycles. The minimum absolute atomic E-state index is 0.0408. The molecule has 3 rings (SSSR count). The van der Waals surface area contributed by atoms with Crippen molar-refractivity contribution in [3.8, 4) is 0 Å². The first kappa shape index (κ1) is 10.8. The minimum atomic E-state index is 0.0408. The van der Waals surface area contributed by atoms with Gasteiger partial charge < -0.3 is 9.72 Å². The van der Waals surface area contributed by atoms with Gasteiger partial charge in [-0.2, -0.15) is 0 Å². The molecule has 1 aromatic heterocycles. The van der Waals surface area contributed by atoms with Crippen LogP contribution in [-0.4, -0.2) is 11.6 Å². The molecule has 88 valence electrons. The maximum Gasteiger partial charge on any atom is 0.195 e. The van der Waals surface area contributed by atoms with E-state index in [1.165, 1.54) is 0 Å². The lowest BCUT2D eigenvalue weighted by molar-refractivity contribution is 0.109. The van der Waals surface area contributed by atoms with Gasteiger partial charge in [0.2, 0.25) is 0 Å². The Bertz CT molecular complexity index is 660. The van der Waals surface area contributed by atoms with E-state index in [2.05, 4.69) is 4.98 Å². The lowest BCUT2D eigenvalue weighted by atomic mass is 10.0. The van der Waals surface area contributed by atoms with Crippen LogP contribution in [0.5, 0.6) is 0 Å². The summed E-state index contributed by atoms with van der Waals surface area (Å²) in [6, 6.07) is 3.74. The number of fused-ring (bicyclic) bond motifs is 2. The van der Waals surface area contributed by atoms with Gasteiger partial charge >= 0.3 is 0 Å². The Kier molecular flexibility index (Phi) is 2.45. The summed E-state index contributed by atoms with van der Waals surface area (Å²) in [7, 11) is 0. The summed E-state index contributed by atoms with van der Waals surface area (Å²) < 4.78 is 5.33. The van der Waals surface area contributed by atoms with Gasteiger partial charge in [0.25, 0.3) is 0 Å². The summed E-state index contributed by atoms with van der Waals surface area (Å²) in [4.78, 5) is 15.6. The summed E-state index contributed by atoms with van der Waals surface area (Å²) in [6.07, 6.45) is 0.741. The number of rotatable bonds is 0. The van der Waals surface area contributed by atoms with Crippen molar-refractivity contribution in [3.05, 3.63) is 44.2 Å². The Balaban J connectivity index is 2.44. The fourth-order valence-electron chi connectivity index (χ4n) is 2.29. The Morgan fingerprint density at radius 2 is 2.24 bits per heavy atom. The molecule has 4 heteroatoms. The molecule has 0 bridgehead atoms. The molecule has 3 nitrogen and oxygen atoms in total. The van der Waals surface area contributed by atoms with E-state index in [0.29, 0.717) is 23.6 Å². The van der Waals surface area contributed by atoms with E-state index in [0.717, 1.165) is 28.8 Å². The molecule has 1 aromatic carbocycles. The van der Waals surface area contributed by atoms with Crippen molar-refractivity contribution in [1.82, 2.24) is 4.98 Å². The van der Waals surface area contributed by atoms with Gasteiger partial charge in [0, 0.05) is 23.1 Å². The molecule has 1 aliphatic heterocycles. The first-order chi connectivity index (χ1) is 8.16. The molecule has 0 radical (unpaired) electrons. The van der Waals surface area contributed by atoms with E-state index in [9.17, 15) is 4.79 Å². The molecule has 0 spiro atoms. The van der Waals surface area contributed by atoms with Crippen LogP contribution in [0.2, 0.25) is 5.02 Å². The standard InChI is InChI=1S/C13H12ClNO2/c1-7-4-8-12(10(14)5-7)15-11-2-3-17-6-9(11)13(8)16/h4-5H,2-3,6H2,1H3,(H,15,16). The van der Waals surface area contributed by atoms with Crippen molar-refractivity contribution in [2.75, 3.05) is 6.61 Å². The highest BCUT2D eigenvalue weighted by molar-refractivity contribution is 6.35. The van der Waals surface area contributed by atoms with Crippen LogP contribution >= 0.6 is 11.6 Å². The number of aryl methyl sites for hydroxylation is 1. The molecule has 17 heavy (non-hydrogen) atoms. The predicted octanol–water partition coefficient (Wildman–Crippen LogP) is 2.56. The maximum absolute atomic E-state index is 12.3. The van der Waals surface area contributed by atoms with E-state index in [1.54, 1.807) is 0 Å². The van der Waals surface area contributed by atoms with Crippen LogP contribution in [0, 0.1) is 6.92 Å². The van der Waals surface area contributed by atoms with Crippen LogP contribution in [0.3, 0.4) is 0 Å². The highest BCUT2D eigenvalue weighted by atomic mass is 35.5. The molecule has 2 aromatic rings. The summed E-state index contributed by atoms with van der Waals surface area (Å²) in [5.74, 6) is 0. The number of nitrogens with one attached hydrogen (secondary N) is 1. The van der Waals surface area contributed by atoms with E-state index in [1.807, 2.05) is 19.1 Å². The van der Waals surface area contributed by atoms with Gasteiger partial charge in [-0.3, -0.25) is 4.79 Å². The van der Waals surface area contributed by atoms with Gasteiger partial charge in [-0.15, -0.1) is 0 Å². The number of halogens is 1. The summed E-state index contributed by atoms with van der Waals surface area (Å²) in [5, 5.41) is 1.26. The van der Waals surface area contributed by atoms with Crippen molar-refractivity contribution >= 4 is 22.5 Å². The van der Waals surface area contributed by atoms with Gasteiger partial charge in [-0.1, -0.05) is 11.6 Å². The lowest BCUT2D eigenvalue weighted by Gasteiger charge is -2.17. The molecule has 0 atom stereocenters. The van der Waals surface area contributed by atoms with E-state index in [4.69, 9.17) is 16.3 Å². The van der Waals surface area contributed by atoms with Crippen LogP contribution in [0.25, 0.3) is 10.9 Å². The van der Waals surface area contributed by atoms with E-state index < -0.39 is 0 Å². The number of hydrogen-bond donors (Lipinski definition) is 1. The summed E-state index contributed by atoms with van der Waals surface area (Å²) in [5.41, 5.74) is 3.47. The number of aromatic nitrogens is 1. The first-order valence-corrected chi connectivity index (χ1v) is 5.96. The molecular weight excluding hydrogens is 238 g/mol. The Hall–Kier alpha value is -1.32. The fraction of sp³-hybridized carbons (Fsp3) is 0.308. The van der Waals surface area contributed by atoms with Crippen LogP contribution in [0.1, 0.15) is 16.8 Å². The van der Waals surface area contributed by atoms with Gasteiger partial charge in [-0.05, 0) is 24.6 Å². The van der Waals surface area contributed by atoms with Crippen LogP contribution < -0.4 is 5.43 Å². The zero-order valence-corrected chi connectivity index (χ0v) is 10.2. The monoisotopic (exact) mass is 249 g/mol. The molecule has 1 N–H and O–H groups in total. The number of aromatic amines is 1. The van der Waals surface area contributed by atoms with Crippen LogP contribution in [0.4, 0.5) is 0 Å². The van der Waals surface area contributed by atoms with Crippen molar-refractivity contribution in [2.45, 2.75) is 20.0 Å². The number of ether oxygens (including phenoxy) is 1. The number of pyridine rings is 1. The summed E-state index contributed by atoms with van der Waals surface area (Å²) >= 11 is 6.18. The normalized spacial score (nSPS) is 14.9. The van der Waals surface area contributed by atoms with Crippen molar-refractivity contribution in [3.63, 3.8) is 0 Å². The van der Waals surface area contributed by atoms with Crippen LogP contribution in [0.15, 0.2) is 16.9 Å². The molecule has 2 heterocycles. The second kappa shape index (κ2) is 3.86. The van der Waals surface area contributed by atoms with E-state index in [-0.39, 0.29) is 5.43 Å². The second-order valence-electron chi connectivity index (χ2n) is 4.38. The quantitative estimate of drug-likeness (QED) is 0.780. The average Bonchev–Trinajstić information content (AvgIpc) is 2.31. The molecule has 0 fully saturated rings. The van der Waals surface area contributed by atoms with Gasteiger partial charge in [0.05, 0.1) is 23.8 Å². The topological polar surface area (TPSA) is 42.1 Å². The maximum atomic E-state index is 12.3. The molecule has 0 saturated heterocycles. The molecular formula is C13H12ClNO2. The second-order valence-corrected chi connectivity index (χ2v) is 4.79. The number of H-pyrrole nitrogens is 1. The van der Waals surface area contributed by atoms with Crippen LogP contribution in [-0.2, 0) is 17.8 Å². The molecule has 1 aliphatic rings. The third-order valence-corrected chi connectivity index (χ3v) is 3.43. The SMILES string of the molecule is Cc1cc(Cl)c2[nH]c3c(c(=O)c2c1)COCC3. The zero-order chi connectivity index (χ0) is 12.0. The van der Waals surface area contributed by atoms with Crippen molar-refractivity contribution < 1.29 is 4.74 Å². The fourth-order valence-corrected chi connectivity index (χ4v) is 2.61. The van der Waals surface area contributed by atoms with E-state index >= 15 is 0 Å². The zero-order valence-electron chi connectivity index (χ0n) is 9.47. The summed E-state index contributed by atoms with van der Waals surface area (Å²) in [6.45, 7) is 2.98. The van der Waals surface area contributed by atoms with Gasteiger partial charge in [0.15, 0.2) is 5.43 Å². The van der Waals surface area contributed by atoms with Gasteiger partial charge in [-0.25, -0.2) is 0 Å². The number of hydrogen-bond acceptors (Lipinski definition) is 2. The third-order valence-electron chi connectivity index (χ3n) is 3.14. The smallest absolute Gasteiger partial charge is 0.195 e. The number of benzene rings is 1. The predicted molar refractivity (Wildman–Crippen MR) is 67.7 cm³/mol. The highest BCUT2D eigenvalue weighted by Crippen LogP contribution is 2.24. The first-order valence-electron chi connectivity index (χ1n) is 5.58. The lowest BCUT2D eigenvalue weighted by Crippen LogP contribution is -2.21. The highest BCUT2D eigenvalue weighted by Gasteiger charge is 2.17. The van der Waals surface area contributed by atoms with Crippen molar-refractivity contribution in [2.24, 2.45) is 0 Å². The average molecular weight is 250 g/mol. The molecule has 0 aliphatic carbocycles. The largest absolute Gasteiger partial charge is 0.376 e. The minimum Gasteiger partial charge on any atom is -0.376 e. The molecule has 0 unspecified atom stereocenters. The Morgan fingerprint density at radius 3 is 3.06 bits per heavy atom. The van der Waals surface area contributed by atoms with Gasteiger partial charge in [0.1, 0.15) is 0 Å². The Morgan fingerprint density at radius 1 is 1.41 bits per heavy atom.